The van der Waals surface area contributed by atoms with Crippen molar-refractivity contribution in [2.24, 2.45) is 11.8 Å². The number of rotatable bonds is 8. The van der Waals surface area contributed by atoms with Crippen molar-refractivity contribution in [3.63, 3.8) is 0 Å². The van der Waals surface area contributed by atoms with Gasteiger partial charge in [0.1, 0.15) is 0 Å². The van der Waals surface area contributed by atoms with Crippen LogP contribution in [-0.4, -0.2) is 11.6 Å². The van der Waals surface area contributed by atoms with Crippen LogP contribution in [0.3, 0.4) is 0 Å². The number of benzene rings is 1. The average molecular weight is 655 g/mol. The van der Waals surface area contributed by atoms with Crippen LogP contribution in [0, 0.1) is 35.5 Å². The van der Waals surface area contributed by atoms with Gasteiger partial charge in [-0.25, -0.2) is 0 Å². The molecule has 1 aliphatic rings. The molecule has 0 spiro atoms. The number of carbonyl (C=O) groups excluding carboxylic acids is 2. The van der Waals surface area contributed by atoms with Gasteiger partial charge in [0.05, 0.1) is 30.3 Å². The first-order valence-electron chi connectivity index (χ1n) is 15.7. The topological polar surface area (TPSA) is 34.1 Å². The van der Waals surface area contributed by atoms with Gasteiger partial charge in [0.2, 0.25) is 11.6 Å². The first-order chi connectivity index (χ1) is 21.5. The zero-order chi connectivity index (χ0) is 31.1. The maximum absolute atomic E-state index is 11.8. The lowest BCUT2D eigenvalue weighted by molar-refractivity contribution is 0.0986. The fraction of sp³-hybridized carbons (Fsp3) is 0.368. The summed E-state index contributed by atoms with van der Waals surface area (Å²) in [5, 5.41) is 10.6. The number of hydrogen-bond acceptors (Lipinski definition) is 6. The molecule has 226 valence electrons. The van der Waals surface area contributed by atoms with Gasteiger partial charge in [0.15, 0.2) is 0 Å². The monoisotopic (exact) mass is 654 g/mol. The molecule has 0 fully saturated rings. The van der Waals surface area contributed by atoms with Crippen molar-refractivity contribution in [2.75, 3.05) is 0 Å². The molecular formula is C38H38O2S4. The molecule has 6 heteroatoms. The molecule has 44 heavy (non-hydrogen) atoms. The van der Waals surface area contributed by atoms with E-state index < -0.39 is 0 Å². The summed E-state index contributed by atoms with van der Waals surface area (Å²) in [6, 6.07) is 7.94. The van der Waals surface area contributed by atoms with Gasteiger partial charge < -0.3 is 0 Å². The van der Waals surface area contributed by atoms with Crippen LogP contribution < -0.4 is 0 Å². The zero-order valence-electron chi connectivity index (χ0n) is 25.9. The van der Waals surface area contributed by atoms with Crippen molar-refractivity contribution >= 4 is 77.1 Å². The quantitative estimate of drug-likeness (QED) is 0.153. The highest BCUT2D eigenvalue weighted by Crippen LogP contribution is 2.38. The summed E-state index contributed by atoms with van der Waals surface area (Å²) in [7, 11) is 0. The second kappa shape index (κ2) is 15.3. The molecule has 2 atom stereocenters. The van der Waals surface area contributed by atoms with Crippen LogP contribution in [0.25, 0.3) is 20.2 Å². The Morgan fingerprint density at radius 3 is 1.39 bits per heavy atom. The molecule has 4 heterocycles. The molecule has 0 saturated carbocycles. The van der Waals surface area contributed by atoms with Crippen LogP contribution in [0.4, 0.5) is 0 Å². The molecule has 0 bridgehead atoms. The van der Waals surface area contributed by atoms with E-state index in [0.29, 0.717) is 32.7 Å². The van der Waals surface area contributed by atoms with Crippen LogP contribution in [-0.2, 0) is 0 Å². The SMILES string of the molecule is CCCCC(C#Cc1c2ccsc2c(C#CC(CC)CCCC)c2ccsc12)CC.O=C1c2ccsc2C(=O)c2ccsc21. The van der Waals surface area contributed by atoms with E-state index in [4.69, 9.17) is 0 Å². The minimum absolute atomic E-state index is 0.00847. The molecule has 1 aliphatic carbocycles. The second-order valence-electron chi connectivity index (χ2n) is 11.1. The predicted molar refractivity (Wildman–Crippen MR) is 193 cm³/mol. The highest BCUT2D eigenvalue weighted by atomic mass is 32.1. The Labute approximate surface area is 277 Å². The first kappa shape index (κ1) is 32.4. The van der Waals surface area contributed by atoms with Crippen molar-refractivity contribution in [1.29, 1.82) is 0 Å². The number of thiophene rings is 4. The van der Waals surface area contributed by atoms with Crippen LogP contribution >= 0.6 is 45.3 Å². The first-order valence-corrected chi connectivity index (χ1v) is 19.2. The highest BCUT2D eigenvalue weighted by molar-refractivity contribution is 7.19. The number of ketones is 2. The third-order valence-electron chi connectivity index (χ3n) is 8.16. The van der Waals surface area contributed by atoms with Gasteiger partial charge in [-0.1, -0.05) is 77.1 Å². The van der Waals surface area contributed by atoms with Gasteiger partial charge in [0.25, 0.3) is 0 Å². The Morgan fingerprint density at radius 1 is 0.591 bits per heavy atom. The molecule has 1 aromatic carbocycles. The van der Waals surface area contributed by atoms with Crippen molar-refractivity contribution in [2.45, 2.75) is 79.1 Å². The molecule has 0 radical (unpaired) electrons. The van der Waals surface area contributed by atoms with E-state index in [2.05, 4.69) is 74.3 Å². The van der Waals surface area contributed by atoms with Crippen molar-refractivity contribution in [3.05, 3.63) is 77.8 Å². The largest absolute Gasteiger partial charge is 0.288 e. The summed E-state index contributed by atoms with van der Waals surface area (Å²) in [6.07, 6.45) is 9.70. The standard InChI is InChI=1S/C28H34S2.C10H4O2S2/c1-5-9-11-21(7-3)13-15-23-25-17-19-30-28(25)24(26-18-20-29-27(23)26)16-14-22(8-4)12-10-6-2;11-7-5-1-3-13-9(5)8(12)6-2-4-14-10(6)7/h17-22H,5-12H2,1-4H3;1-4H. The molecule has 4 aromatic heterocycles. The molecule has 0 N–H and O–H groups in total. The lowest BCUT2D eigenvalue weighted by atomic mass is 9.96. The fourth-order valence-electron chi connectivity index (χ4n) is 5.47. The van der Waals surface area contributed by atoms with Crippen molar-refractivity contribution < 1.29 is 9.59 Å². The molecule has 2 unspecified atom stereocenters. The summed E-state index contributed by atoms with van der Waals surface area (Å²) in [4.78, 5) is 24.8. The number of carbonyl (C=O) groups is 2. The summed E-state index contributed by atoms with van der Waals surface area (Å²) in [5.74, 6) is 15.4. The predicted octanol–water partition coefficient (Wildman–Crippen LogP) is 11.8. The maximum atomic E-state index is 11.8. The smallest absolute Gasteiger partial charge is 0.205 e. The van der Waals surface area contributed by atoms with E-state index >= 15 is 0 Å². The third-order valence-corrected chi connectivity index (χ3v) is 11.8. The van der Waals surface area contributed by atoms with Crippen LogP contribution in [0.5, 0.6) is 0 Å². The van der Waals surface area contributed by atoms with E-state index in [0.717, 1.165) is 12.8 Å². The van der Waals surface area contributed by atoms with Gasteiger partial charge in [0, 0.05) is 33.7 Å². The van der Waals surface area contributed by atoms with E-state index in [1.807, 2.05) is 22.7 Å². The van der Waals surface area contributed by atoms with Gasteiger partial charge >= 0.3 is 0 Å². The van der Waals surface area contributed by atoms with Gasteiger partial charge in [-0.05, 0) is 71.5 Å². The number of unbranched alkanes of at least 4 members (excludes halogenated alkanes) is 2. The molecule has 0 amide bonds. The van der Waals surface area contributed by atoms with Gasteiger partial charge in [-0.3, -0.25) is 9.59 Å². The van der Waals surface area contributed by atoms with E-state index in [9.17, 15) is 9.59 Å². The average Bonchev–Trinajstić information content (AvgIpc) is 3.87. The highest BCUT2D eigenvalue weighted by Gasteiger charge is 2.31. The van der Waals surface area contributed by atoms with Gasteiger partial charge in [-0.2, -0.15) is 0 Å². The molecular weight excluding hydrogens is 617 g/mol. The summed E-state index contributed by atoms with van der Waals surface area (Å²) < 4.78 is 2.62. The van der Waals surface area contributed by atoms with E-state index in [-0.39, 0.29) is 11.6 Å². The van der Waals surface area contributed by atoms with Crippen LogP contribution in [0.15, 0.2) is 45.8 Å². The minimum atomic E-state index is -0.00847. The zero-order valence-corrected chi connectivity index (χ0v) is 29.1. The van der Waals surface area contributed by atoms with Gasteiger partial charge in [-0.15, -0.1) is 45.3 Å². The van der Waals surface area contributed by atoms with Crippen molar-refractivity contribution in [3.8, 4) is 23.7 Å². The third kappa shape index (κ3) is 6.80. The lowest BCUT2D eigenvalue weighted by Gasteiger charge is -2.08. The summed E-state index contributed by atoms with van der Waals surface area (Å²) in [6.45, 7) is 9.04. The Hall–Kier alpha value is -3.00. The Bertz CT molecular complexity index is 1660. The normalized spacial score (nSPS) is 13.3. The van der Waals surface area contributed by atoms with Crippen LogP contribution in [0.1, 0.15) is 121 Å². The summed E-state index contributed by atoms with van der Waals surface area (Å²) >= 11 is 6.30. The van der Waals surface area contributed by atoms with E-state index in [1.54, 1.807) is 22.9 Å². The Kier molecular flexibility index (Phi) is 11.3. The number of fused-ring (bicyclic) bond motifs is 4. The second-order valence-corrected chi connectivity index (χ2v) is 14.8. The maximum Gasteiger partial charge on any atom is 0.205 e. The lowest BCUT2D eigenvalue weighted by Crippen LogP contribution is -2.15. The van der Waals surface area contributed by atoms with E-state index in [1.165, 1.54) is 92.5 Å². The number of hydrogen-bond donors (Lipinski definition) is 0. The van der Waals surface area contributed by atoms with Crippen LogP contribution in [0.2, 0.25) is 0 Å². The molecule has 5 aromatic rings. The Morgan fingerprint density at radius 2 is 1.00 bits per heavy atom. The van der Waals surface area contributed by atoms with Crippen molar-refractivity contribution in [1.82, 2.24) is 0 Å². The minimum Gasteiger partial charge on any atom is -0.288 e. The fourth-order valence-corrected chi connectivity index (χ4v) is 8.99. The Balaban J connectivity index is 0.000000226. The molecule has 0 saturated heterocycles. The summed E-state index contributed by atoms with van der Waals surface area (Å²) in [5.41, 5.74) is 3.56. The molecule has 2 nitrogen and oxygen atoms in total. The molecule has 0 aliphatic heterocycles. The molecule has 6 rings (SSSR count).